The average molecular weight is 328 g/mol. The van der Waals surface area contributed by atoms with Gasteiger partial charge in [0.15, 0.2) is 6.61 Å². The summed E-state index contributed by atoms with van der Waals surface area (Å²) in [5.41, 5.74) is 0. The number of amides is 2. The number of nitrogens with zero attached hydrogens (tertiary/aromatic N) is 2. The lowest BCUT2D eigenvalue weighted by Gasteiger charge is -2.23. The molecule has 2 aromatic carbocycles. The van der Waals surface area contributed by atoms with Crippen LogP contribution in [0.4, 0.5) is 0 Å². The zero-order chi connectivity index (χ0) is 17.5. The first kappa shape index (κ1) is 17.8. The molecule has 0 aliphatic heterocycles. The maximum absolute atomic E-state index is 12.1. The van der Waals surface area contributed by atoms with Gasteiger partial charge in [-0.25, -0.2) is 0 Å². The van der Waals surface area contributed by atoms with Crippen molar-refractivity contribution in [2.75, 3.05) is 33.3 Å². The third-order valence-corrected chi connectivity index (χ3v) is 4.00. The van der Waals surface area contributed by atoms with Crippen LogP contribution < -0.4 is 4.74 Å². The van der Waals surface area contributed by atoms with E-state index in [1.807, 2.05) is 56.3 Å². The summed E-state index contributed by atoms with van der Waals surface area (Å²) in [4.78, 5) is 27.3. The molecule has 0 fully saturated rings. The van der Waals surface area contributed by atoms with E-state index in [1.165, 1.54) is 4.90 Å². The fraction of sp³-hybridized carbons (Fsp3) is 0.368. The molecule has 0 heterocycles. The van der Waals surface area contributed by atoms with E-state index in [-0.39, 0.29) is 25.0 Å². The normalized spacial score (nSPS) is 10.5. The summed E-state index contributed by atoms with van der Waals surface area (Å²) in [5, 5.41) is 2.19. The number of hydrogen-bond donors (Lipinski definition) is 0. The number of fused-ring (bicyclic) bond motifs is 1. The molecular weight excluding hydrogens is 304 g/mol. The Labute approximate surface area is 142 Å². The van der Waals surface area contributed by atoms with Gasteiger partial charge in [0.2, 0.25) is 5.91 Å². The second kappa shape index (κ2) is 8.34. The number of rotatable bonds is 7. The summed E-state index contributed by atoms with van der Waals surface area (Å²) in [7, 11) is 1.62. The van der Waals surface area contributed by atoms with Crippen molar-refractivity contribution in [2.45, 2.75) is 13.8 Å². The predicted octanol–water partition coefficient (Wildman–Crippen LogP) is 2.55. The van der Waals surface area contributed by atoms with Gasteiger partial charge in [0, 0.05) is 20.1 Å². The molecule has 0 atom stereocenters. The van der Waals surface area contributed by atoms with Crippen molar-refractivity contribution in [3.63, 3.8) is 0 Å². The minimum absolute atomic E-state index is 0.0541. The van der Waals surface area contributed by atoms with Crippen molar-refractivity contribution in [1.29, 1.82) is 0 Å². The molecule has 0 saturated carbocycles. The van der Waals surface area contributed by atoms with Crippen LogP contribution in [0.25, 0.3) is 10.8 Å². The first-order chi connectivity index (χ1) is 11.5. The van der Waals surface area contributed by atoms with Gasteiger partial charge < -0.3 is 14.5 Å². The van der Waals surface area contributed by atoms with Crippen LogP contribution in [0, 0.1) is 0 Å². The molecule has 0 N–H and O–H groups in total. The molecule has 0 spiro atoms. The highest BCUT2D eigenvalue weighted by molar-refractivity contribution is 5.86. The van der Waals surface area contributed by atoms with Gasteiger partial charge >= 0.3 is 0 Å². The molecule has 0 saturated heterocycles. The molecule has 0 bridgehead atoms. The number of hydrogen-bond acceptors (Lipinski definition) is 3. The lowest BCUT2D eigenvalue weighted by molar-refractivity contribution is -0.140. The molecule has 0 radical (unpaired) electrons. The van der Waals surface area contributed by atoms with Crippen molar-refractivity contribution in [3.05, 3.63) is 42.5 Å². The van der Waals surface area contributed by atoms with E-state index in [2.05, 4.69) is 0 Å². The smallest absolute Gasteiger partial charge is 0.260 e. The van der Waals surface area contributed by atoms with Crippen LogP contribution in [0.3, 0.4) is 0 Å². The molecular formula is C19H24N2O3. The molecule has 2 rings (SSSR count). The van der Waals surface area contributed by atoms with Crippen LogP contribution in [0.1, 0.15) is 13.8 Å². The van der Waals surface area contributed by atoms with Crippen LogP contribution in [-0.4, -0.2) is 54.9 Å². The van der Waals surface area contributed by atoms with Gasteiger partial charge in [0.05, 0.1) is 6.54 Å². The SMILES string of the molecule is CCN(CC)C(=O)CN(C)C(=O)COc1ccc2ccccc2c1. The second-order valence-corrected chi connectivity index (χ2v) is 5.61. The fourth-order valence-electron chi connectivity index (χ4n) is 2.48. The molecule has 0 unspecified atom stereocenters. The summed E-state index contributed by atoms with van der Waals surface area (Å²) in [6, 6.07) is 13.7. The molecule has 128 valence electrons. The van der Waals surface area contributed by atoms with Gasteiger partial charge in [-0.2, -0.15) is 0 Å². The highest BCUT2D eigenvalue weighted by atomic mass is 16.5. The third kappa shape index (κ3) is 4.47. The molecule has 5 heteroatoms. The minimum Gasteiger partial charge on any atom is -0.484 e. The van der Waals surface area contributed by atoms with Crippen LogP contribution in [0.15, 0.2) is 42.5 Å². The quantitative estimate of drug-likeness (QED) is 0.785. The monoisotopic (exact) mass is 328 g/mol. The number of carbonyl (C=O) groups is 2. The van der Waals surface area contributed by atoms with Crippen LogP contribution in [0.5, 0.6) is 5.75 Å². The minimum atomic E-state index is -0.219. The van der Waals surface area contributed by atoms with E-state index in [1.54, 1.807) is 11.9 Å². The van der Waals surface area contributed by atoms with Gasteiger partial charge in [-0.3, -0.25) is 9.59 Å². The Morgan fingerprint density at radius 3 is 2.29 bits per heavy atom. The second-order valence-electron chi connectivity index (χ2n) is 5.61. The van der Waals surface area contributed by atoms with E-state index in [4.69, 9.17) is 4.74 Å². The van der Waals surface area contributed by atoms with Crippen molar-refractivity contribution in [1.82, 2.24) is 9.80 Å². The van der Waals surface area contributed by atoms with E-state index in [0.29, 0.717) is 18.8 Å². The Balaban J connectivity index is 1.90. The first-order valence-corrected chi connectivity index (χ1v) is 8.18. The van der Waals surface area contributed by atoms with Gasteiger partial charge in [0.25, 0.3) is 5.91 Å². The summed E-state index contributed by atoms with van der Waals surface area (Å²) < 4.78 is 5.58. The Morgan fingerprint density at radius 1 is 0.958 bits per heavy atom. The highest BCUT2D eigenvalue weighted by Gasteiger charge is 2.16. The van der Waals surface area contributed by atoms with Gasteiger partial charge in [-0.1, -0.05) is 30.3 Å². The molecule has 0 aliphatic carbocycles. The number of carbonyl (C=O) groups excluding carboxylic acids is 2. The van der Waals surface area contributed by atoms with Gasteiger partial charge in [0.1, 0.15) is 5.75 Å². The maximum Gasteiger partial charge on any atom is 0.260 e. The number of ether oxygens (including phenoxy) is 1. The Bertz CT molecular complexity index is 711. The molecule has 24 heavy (non-hydrogen) atoms. The van der Waals surface area contributed by atoms with E-state index in [9.17, 15) is 9.59 Å². The van der Waals surface area contributed by atoms with Crippen LogP contribution >= 0.6 is 0 Å². The van der Waals surface area contributed by atoms with Crippen LogP contribution in [-0.2, 0) is 9.59 Å². The van der Waals surface area contributed by atoms with E-state index < -0.39 is 0 Å². The Kier molecular flexibility index (Phi) is 6.18. The average Bonchev–Trinajstić information content (AvgIpc) is 2.60. The molecule has 0 aliphatic rings. The van der Waals surface area contributed by atoms with E-state index in [0.717, 1.165) is 10.8 Å². The lowest BCUT2D eigenvalue weighted by Crippen LogP contribution is -2.42. The summed E-state index contributed by atoms with van der Waals surface area (Å²) in [6.45, 7) is 5.12. The van der Waals surface area contributed by atoms with Crippen molar-refractivity contribution < 1.29 is 14.3 Å². The fourth-order valence-corrected chi connectivity index (χ4v) is 2.48. The summed E-state index contributed by atoms with van der Waals surface area (Å²) >= 11 is 0. The topological polar surface area (TPSA) is 49.9 Å². The highest BCUT2D eigenvalue weighted by Crippen LogP contribution is 2.20. The van der Waals surface area contributed by atoms with Crippen molar-refractivity contribution >= 4 is 22.6 Å². The van der Waals surface area contributed by atoms with Gasteiger partial charge in [-0.15, -0.1) is 0 Å². The van der Waals surface area contributed by atoms with Crippen molar-refractivity contribution in [2.24, 2.45) is 0 Å². The molecule has 5 nitrogen and oxygen atoms in total. The predicted molar refractivity (Wildman–Crippen MR) is 95.0 cm³/mol. The molecule has 0 aromatic heterocycles. The maximum atomic E-state index is 12.1. The van der Waals surface area contributed by atoms with Gasteiger partial charge in [-0.05, 0) is 36.8 Å². The molecule has 2 amide bonds. The Morgan fingerprint density at radius 2 is 1.62 bits per heavy atom. The largest absolute Gasteiger partial charge is 0.484 e. The Hall–Kier alpha value is -2.56. The standard InChI is InChI=1S/C19H24N2O3/c1-4-21(5-2)18(22)13-20(3)19(23)14-24-17-11-10-15-8-6-7-9-16(15)12-17/h6-12H,4-5,13-14H2,1-3H3. The lowest BCUT2D eigenvalue weighted by atomic mass is 10.1. The zero-order valence-corrected chi connectivity index (χ0v) is 14.5. The number of benzene rings is 2. The van der Waals surface area contributed by atoms with Crippen LogP contribution in [0.2, 0.25) is 0 Å². The van der Waals surface area contributed by atoms with Crippen molar-refractivity contribution in [3.8, 4) is 5.75 Å². The summed E-state index contributed by atoms with van der Waals surface area (Å²) in [6.07, 6.45) is 0. The summed E-state index contributed by atoms with van der Waals surface area (Å²) in [5.74, 6) is 0.371. The first-order valence-electron chi connectivity index (χ1n) is 8.18. The molecule has 2 aromatic rings. The number of likely N-dealkylation sites (N-methyl/N-ethyl adjacent to an activating group) is 2. The third-order valence-electron chi connectivity index (χ3n) is 4.00. The zero-order valence-electron chi connectivity index (χ0n) is 14.5. The van der Waals surface area contributed by atoms with E-state index >= 15 is 0 Å².